The van der Waals surface area contributed by atoms with Gasteiger partial charge in [-0.3, -0.25) is 9.59 Å². The number of halogens is 1. The van der Waals surface area contributed by atoms with Crippen molar-refractivity contribution in [2.24, 2.45) is 11.8 Å². The van der Waals surface area contributed by atoms with Crippen LogP contribution in [0.25, 0.3) is 9.75 Å². The first-order valence-electron chi connectivity index (χ1n) is 12.0. The van der Waals surface area contributed by atoms with Gasteiger partial charge in [0.05, 0.1) is 10.7 Å². The molecule has 36 heavy (non-hydrogen) atoms. The third kappa shape index (κ3) is 5.68. The minimum atomic E-state index is -1.07. The second kappa shape index (κ2) is 10.9. The number of carbonyl (C=O) groups is 3. The molecule has 0 radical (unpaired) electrons. The number of nitrogens with one attached hydrogen (secondary N) is 1. The molecule has 9 heteroatoms. The van der Waals surface area contributed by atoms with Gasteiger partial charge < -0.3 is 15.3 Å². The fraction of sp³-hybridized carbons (Fsp3) is 0.370. The van der Waals surface area contributed by atoms with Crippen LogP contribution in [-0.2, 0) is 4.79 Å². The molecule has 190 valence electrons. The summed E-state index contributed by atoms with van der Waals surface area (Å²) in [7, 11) is 0. The number of anilines is 2. The number of hydrogen-bond acceptors (Lipinski definition) is 5. The topological polar surface area (TPSA) is 86.7 Å². The molecule has 0 bridgehead atoms. The van der Waals surface area contributed by atoms with Gasteiger partial charge in [-0.25, -0.2) is 9.18 Å². The first kappa shape index (κ1) is 26.0. The minimum Gasteiger partial charge on any atom is -0.477 e. The van der Waals surface area contributed by atoms with E-state index in [1.165, 1.54) is 35.6 Å². The van der Waals surface area contributed by atoms with Crippen molar-refractivity contribution in [1.29, 1.82) is 0 Å². The average molecular weight is 529 g/mol. The van der Waals surface area contributed by atoms with Crippen LogP contribution in [0, 0.1) is 17.7 Å². The van der Waals surface area contributed by atoms with E-state index >= 15 is 0 Å². The monoisotopic (exact) mass is 528 g/mol. The van der Waals surface area contributed by atoms with Crippen molar-refractivity contribution in [3.63, 3.8) is 0 Å². The molecule has 1 saturated carbocycles. The molecule has 3 aromatic rings. The van der Waals surface area contributed by atoms with Crippen molar-refractivity contribution in [3.8, 4) is 9.75 Å². The average Bonchev–Trinajstić information content (AvgIpc) is 3.47. The highest BCUT2D eigenvalue weighted by Gasteiger charge is 2.33. The van der Waals surface area contributed by atoms with Crippen LogP contribution in [0.3, 0.4) is 0 Å². The lowest BCUT2D eigenvalue weighted by Crippen LogP contribution is -2.42. The van der Waals surface area contributed by atoms with Crippen molar-refractivity contribution in [2.75, 3.05) is 10.2 Å². The number of benzene rings is 1. The second-order valence-corrected chi connectivity index (χ2v) is 11.6. The van der Waals surface area contributed by atoms with Crippen molar-refractivity contribution in [2.45, 2.75) is 52.5 Å². The van der Waals surface area contributed by atoms with E-state index < -0.39 is 11.8 Å². The van der Waals surface area contributed by atoms with Crippen LogP contribution in [0.5, 0.6) is 0 Å². The third-order valence-corrected chi connectivity index (χ3v) is 8.79. The van der Waals surface area contributed by atoms with E-state index in [2.05, 4.69) is 12.2 Å². The number of hydrogen-bond donors (Lipinski definition) is 2. The van der Waals surface area contributed by atoms with E-state index in [4.69, 9.17) is 0 Å². The summed E-state index contributed by atoms with van der Waals surface area (Å²) in [4.78, 5) is 41.4. The molecule has 0 saturated heterocycles. The summed E-state index contributed by atoms with van der Waals surface area (Å²) in [5.41, 5.74) is 0.757. The lowest BCUT2D eigenvalue weighted by atomic mass is 9.82. The molecule has 0 atom stereocenters. The lowest BCUT2D eigenvalue weighted by Gasteiger charge is -2.33. The Labute approximate surface area is 217 Å². The number of thiophene rings is 2. The highest BCUT2D eigenvalue weighted by atomic mass is 32.1. The van der Waals surface area contributed by atoms with Gasteiger partial charge in [-0.2, -0.15) is 0 Å². The molecule has 0 spiro atoms. The largest absolute Gasteiger partial charge is 0.477 e. The predicted octanol–water partition coefficient (Wildman–Crippen LogP) is 7.13. The van der Waals surface area contributed by atoms with Crippen LogP contribution in [0.15, 0.2) is 42.5 Å². The quantitative estimate of drug-likeness (QED) is 0.341. The Kier molecular flexibility index (Phi) is 7.90. The minimum absolute atomic E-state index is 0.0119. The molecule has 2 heterocycles. The molecular formula is C27H29FN2O4S2. The molecule has 1 aromatic carbocycles. The molecule has 1 aliphatic carbocycles. The molecule has 1 aliphatic rings. The van der Waals surface area contributed by atoms with Crippen LogP contribution < -0.4 is 10.2 Å². The second-order valence-electron chi connectivity index (χ2n) is 9.51. The summed E-state index contributed by atoms with van der Waals surface area (Å²) in [6, 6.07) is 10.4. The van der Waals surface area contributed by atoms with E-state index in [0.29, 0.717) is 27.0 Å². The number of carboxylic acids is 1. The third-order valence-electron chi connectivity index (χ3n) is 6.48. The molecule has 2 aromatic heterocycles. The molecule has 2 amide bonds. The van der Waals surface area contributed by atoms with Gasteiger partial charge in [0.25, 0.3) is 5.91 Å². The summed E-state index contributed by atoms with van der Waals surface area (Å²) >= 11 is 2.43. The van der Waals surface area contributed by atoms with Crippen LogP contribution in [-0.4, -0.2) is 28.9 Å². The van der Waals surface area contributed by atoms with Gasteiger partial charge in [0.1, 0.15) is 10.7 Å². The van der Waals surface area contributed by atoms with Gasteiger partial charge in [-0.1, -0.05) is 6.92 Å². The van der Waals surface area contributed by atoms with Gasteiger partial charge in [-0.15, -0.1) is 22.7 Å². The van der Waals surface area contributed by atoms with Crippen LogP contribution in [0.2, 0.25) is 0 Å². The van der Waals surface area contributed by atoms with Gasteiger partial charge in [0, 0.05) is 27.3 Å². The van der Waals surface area contributed by atoms with E-state index in [1.807, 2.05) is 19.9 Å². The zero-order chi connectivity index (χ0) is 26.0. The van der Waals surface area contributed by atoms with Crippen molar-refractivity contribution < 1.29 is 23.9 Å². The Hall–Kier alpha value is -3.04. The Morgan fingerprint density at radius 2 is 1.67 bits per heavy atom. The maximum atomic E-state index is 13.5. The molecule has 2 N–H and O–H groups in total. The highest BCUT2D eigenvalue weighted by molar-refractivity contribution is 7.25. The van der Waals surface area contributed by atoms with Crippen molar-refractivity contribution >= 4 is 51.1 Å². The standard InChI is InChI=1S/C27H29FN2O4S2/c1-15(2)30(26(32)18-6-4-16(3)5-7-18)20-14-22(36-24(20)27(33)34)21-12-13-23(35-21)29-25(31)17-8-10-19(28)11-9-17/h8-16,18H,4-7H2,1-3H3,(H,29,31)(H,33,34)/t16-,18-. The van der Waals surface area contributed by atoms with E-state index in [1.54, 1.807) is 17.0 Å². The Morgan fingerprint density at radius 1 is 1.00 bits per heavy atom. The molecule has 0 unspecified atom stereocenters. The summed E-state index contributed by atoms with van der Waals surface area (Å²) in [5.74, 6) is -1.34. The maximum Gasteiger partial charge on any atom is 0.348 e. The van der Waals surface area contributed by atoms with Gasteiger partial charge in [0.15, 0.2) is 0 Å². The summed E-state index contributed by atoms with van der Waals surface area (Å²) < 4.78 is 13.1. The Morgan fingerprint density at radius 3 is 2.28 bits per heavy atom. The van der Waals surface area contributed by atoms with Crippen LogP contribution >= 0.6 is 22.7 Å². The van der Waals surface area contributed by atoms with E-state index in [-0.39, 0.29) is 28.7 Å². The predicted molar refractivity (Wildman–Crippen MR) is 143 cm³/mol. The normalized spacial score (nSPS) is 17.7. The number of amides is 2. The number of carboxylic acid groups (broad SMARTS) is 1. The van der Waals surface area contributed by atoms with Gasteiger partial charge >= 0.3 is 5.97 Å². The van der Waals surface area contributed by atoms with Crippen molar-refractivity contribution in [3.05, 3.63) is 58.7 Å². The Bertz CT molecular complexity index is 1260. The van der Waals surface area contributed by atoms with Gasteiger partial charge in [0.2, 0.25) is 5.91 Å². The van der Waals surface area contributed by atoms with Gasteiger partial charge in [-0.05, 0) is 87.9 Å². The highest BCUT2D eigenvalue weighted by Crippen LogP contribution is 2.42. The van der Waals surface area contributed by atoms with E-state index in [9.17, 15) is 23.9 Å². The number of nitrogens with zero attached hydrogens (tertiary/aromatic N) is 1. The molecular weight excluding hydrogens is 499 g/mol. The first-order chi connectivity index (χ1) is 17.1. The Balaban J connectivity index is 1.59. The number of aromatic carboxylic acids is 1. The smallest absolute Gasteiger partial charge is 0.348 e. The molecule has 6 nitrogen and oxygen atoms in total. The zero-order valence-electron chi connectivity index (χ0n) is 20.4. The fourth-order valence-corrected chi connectivity index (χ4v) is 6.48. The number of carbonyl (C=O) groups excluding carboxylic acids is 2. The van der Waals surface area contributed by atoms with Crippen LogP contribution in [0.1, 0.15) is 66.5 Å². The van der Waals surface area contributed by atoms with Crippen LogP contribution in [0.4, 0.5) is 15.1 Å². The maximum absolute atomic E-state index is 13.5. The number of rotatable bonds is 7. The summed E-state index contributed by atoms with van der Waals surface area (Å²) in [5, 5.41) is 13.3. The van der Waals surface area contributed by atoms with Crippen molar-refractivity contribution in [1.82, 2.24) is 0 Å². The first-order valence-corrected chi connectivity index (χ1v) is 13.6. The summed E-state index contributed by atoms with van der Waals surface area (Å²) in [6.07, 6.45) is 3.66. The lowest BCUT2D eigenvalue weighted by molar-refractivity contribution is -0.123. The zero-order valence-corrected chi connectivity index (χ0v) is 22.0. The molecule has 0 aliphatic heterocycles. The van der Waals surface area contributed by atoms with E-state index in [0.717, 1.165) is 41.9 Å². The fourth-order valence-electron chi connectivity index (χ4n) is 4.51. The SMILES string of the molecule is CC(C)N(c1cc(-c2ccc(NC(=O)c3ccc(F)cc3)s2)sc1C(=O)O)C(=O)[C@H]1CC[C@H](C)CC1. The molecule has 4 rings (SSSR count). The summed E-state index contributed by atoms with van der Waals surface area (Å²) in [6.45, 7) is 6.01. The molecule has 1 fully saturated rings.